The number of rotatable bonds is 11. The van der Waals surface area contributed by atoms with E-state index in [0.717, 1.165) is 67.0 Å². The molecule has 12 heteroatoms. The molecule has 2 saturated carbocycles. The number of nitrogens with zero attached hydrogens (tertiary/aromatic N) is 2. The molecule has 2 aliphatic carbocycles. The molecule has 3 aromatic rings. The molecule has 210 valence electrons. The molecule has 5 rings (SSSR count). The van der Waals surface area contributed by atoms with Crippen LogP contribution in [0, 0.1) is 17.8 Å². The summed E-state index contributed by atoms with van der Waals surface area (Å²) >= 11 is 0. The van der Waals surface area contributed by atoms with Crippen LogP contribution >= 0.6 is 0 Å². The minimum Gasteiger partial charge on any atom is -0.404 e. The Bertz CT molecular complexity index is 1390. The smallest absolute Gasteiger partial charge is 0.404 e. The molecule has 1 heterocycles. The second-order valence-electron chi connectivity index (χ2n) is 10.4. The predicted octanol–water partition coefficient (Wildman–Crippen LogP) is 5.55. The molecular formula is C27H32F3N5O3S. The number of sulfonamides is 1. The first kappa shape index (κ1) is 27.4. The third kappa shape index (κ3) is 7.51. The normalized spacial score (nSPS) is 20.1. The zero-order valence-corrected chi connectivity index (χ0v) is 22.2. The third-order valence-corrected chi connectivity index (χ3v) is 8.76. The summed E-state index contributed by atoms with van der Waals surface area (Å²) in [5.74, 6) is 1.89. The molecule has 0 aliphatic heterocycles. The van der Waals surface area contributed by atoms with Crippen molar-refractivity contribution in [3.05, 3.63) is 48.5 Å². The number of para-hydroxylation sites is 2. The number of hydrogen-bond acceptors (Lipinski definition) is 7. The highest BCUT2D eigenvalue weighted by Crippen LogP contribution is 2.32. The lowest BCUT2D eigenvalue weighted by molar-refractivity contribution is -0.275. The summed E-state index contributed by atoms with van der Waals surface area (Å²) in [6.07, 6.45) is 0.937. The summed E-state index contributed by atoms with van der Waals surface area (Å²) in [4.78, 5) is 8.87. The van der Waals surface area contributed by atoms with Crippen molar-refractivity contribution in [3.8, 4) is 5.75 Å². The van der Waals surface area contributed by atoms with Crippen molar-refractivity contribution < 1.29 is 26.3 Å². The summed E-state index contributed by atoms with van der Waals surface area (Å²) in [5.41, 5.74) is 0.881. The number of halogens is 3. The van der Waals surface area contributed by atoms with E-state index in [1.54, 1.807) is 0 Å². The summed E-state index contributed by atoms with van der Waals surface area (Å²) in [7, 11) is -4.16. The van der Waals surface area contributed by atoms with E-state index < -0.39 is 27.0 Å². The van der Waals surface area contributed by atoms with Crippen LogP contribution in [0.5, 0.6) is 5.75 Å². The van der Waals surface area contributed by atoms with Gasteiger partial charge in [0.2, 0.25) is 16.0 Å². The lowest BCUT2D eigenvalue weighted by Crippen LogP contribution is -2.33. The highest BCUT2D eigenvalue weighted by atomic mass is 32.2. The molecule has 3 N–H and O–H groups in total. The maximum atomic E-state index is 12.7. The van der Waals surface area contributed by atoms with Gasteiger partial charge >= 0.3 is 6.36 Å². The third-order valence-electron chi connectivity index (χ3n) is 7.30. The quantitative estimate of drug-likeness (QED) is 0.281. The van der Waals surface area contributed by atoms with Crippen LogP contribution in [0.3, 0.4) is 0 Å². The van der Waals surface area contributed by atoms with Crippen LogP contribution in [0.15, 0.2) is 53.4 Å². The van der Waals surface area contributed by atoms with Gasteiger partial charge in [-0.1, -0.05) is 24.3 Å². The van der Waals surface area contributed by atoms with E-state index in [2.05, 4.69) is 25.1 Å². The summed E-state index contributed by atoms with van der Waals surface area (Å²) in [6, 6.07) is 12.7. The minimum atomic E-state index is -4.98. The summed E-state index contributed by atoms with van der Waals surface area (Å²) in [6.45, 7) is 1.78. The summed E-state index contributed by atoms with van der Waals surface area (Å²) in [5, 5.41) is 7.86. The Balaban J connectivity index is 1.12. The Kier molecular flexibility index (Phi) is 8.13. The van der Waals surface area contributed by atoms with Gasteiger partial charge in [0.25, 0.3) is 0 Å². The Morgan fingerprint density at radius 1 is 0.795 bits per heavy atom. The number of benzene rings is 2. The first-order valence-corrected chi connectivity index (χ1v) is 14.7. The van der Waals surface area contributed by atoms with Crippen molar-refractivity contribution >= 4 is 32.7 Å². The average molecular weight is 564 g/mol. The Morgan fingerprint density at radius 2 is 1.38 bits per heavy atom. The van der Waals surface area contributed by atoms with Crippen LogP contribution in [0.2, 0.25) is 0 Å². The molecular weight excluding hydrogens is 531 g/mol. The highest BCUT2D eigenvalue weighted by Gasteiger charge is 2.34. The molecule has 0 unspecified atom stereocenters. The maximum Gasteiger partial charge on any atom is 0.573 e. The molecule has 0 atom stereocenters. The molecule has 8 nitrogen and oxygen atoms in total. The Morgan fingerprint density at radius 3 is 2.08 bits per heavy atom. The topological polar surface area (TPSA) is 105 Å². The second-order valence-corrected chi connectivity index (χ2v) is 12.1. The van der Waals surface area contributed by atoms with E-state index in [0.29, 0.717) is 18.4 Å². The molecule has 1 aromatic heterocycles. The molecule has 0 spiro atoms. The molecule has 2 aliphatic rings. The van der Waals surface area contributed by atoms with Gasteiger partial charge in [-0.25, -0.2) is 18.1 Å². The van der Waals surface area contributed by atoms with Crippen molar-refractivity contribution in [1.29, 1.82) is 0 Å². The zero-order valence-electron chi connectivity index (χ0n) is 21.4. The van der Waals surface area contributed by atoms with Gasteiger partial charge in [-0.05, 0) is 80.5 Å². The van der Waals surface area contributed by atoms with Gasteiger partial charge in [0, 0.05) is 25.0 Å². The molecule has 2 fully saturated rings. The number of nitrogens with one attached hydrogen (secondary N) is 3. The van der Waals surface area contributed by atoms with Crippen molar-refractivity contribution in [2.24, 2.45) is 17.8 Å². The number of fused-ring (bicyclic) bond motifs is 1. The largest absolute Gasteiger partial charge is 0.573 e. The first-order valence-electron chi connectivity index (χ1n) is 13.3. The van der Waals surface area contributed by atoms with Gasteiger partial charge in [0.15, 0.2) is 0 Å². The molecule has 0 bridgehead atoms. The lowest BCUT2D eigenvalue weighted by atomic mass is 9.82. The summed E-state index contributed by atoms with van der Waals surface area (Å²) < 4.78 is 69.9. The molecule has 0 amide bonds. The molecule has 2 aromatic carbocycles. The fourth-order valence-electron chi connectivity index (χ4n) is 4.92. The SMILES string of the molecule is O=S(=O)(NCC1CCC(CNc2nc(NCC3CC3)c3ccccc3n2)CC1)c1ccccc1OC(F)(F)F. The number of aromatic nitrogens is 2. The fourth-order valence-corrected chi connectivity index (χ4v) is 6.16. The monoisotopic (exact) mass is 563 g/mol. The van der Waals surface area contributed by atoms with Crippen LogP contribution in [-0.2, 0) is 10.0 Å². The number of hydrogen-bond donors (Lipinski definition) is 3. The molecule has 0 radical (unpaired) electrons. The van der Waals surface area contributed by atoms with Gasteiger partial charge in [-0.15, -0.1) is 13.2 Å². The standard InChI is InChI=1S/C27H32F3N5O3S/c28-27(29,30)38-23-7-3-4-8-24(23)39(36,37)33-17-20-13-11-19(12-14-20)16-32-26-34-22-6-2-1-5-21(22)25(35-26)31-15-18-9-10-18/h1-8,18-20,33H,9-17H2,(H2,31,32,34,35). The lowest BCUT2D eigenvalue weighted by Gasteiger charge is -2.28. The van der Waals surface area contributed by atoms with E-state index in [1.165, 1.54) is 25.0 Å². The predicted molar refractivity (Wildman–Crippen MR) is 143 cm³/mol. The van der Waals surface area contributed by atoms with E-state index in [1.807, 2.05) is 24.3 Å². The first-order chi connectivity index (χ1) is 18.7. The van der Waals surface area contributed by atoms with Gasteiger partial charge in [0.05, 0.1) is 5.52 Å². The molecule has 0 saturated heterocycles. The van der Waals surface area contributed by atoms with Gasteiger partial charge in [0.1, 0.15) is 16.5 Å². The van der Waals surface area contributed by atoms with Gasteiger partial charge in [-0.3, -0.25) is 0 Å². The van der Waals surface area contributed by atoms with E-state index in [4.69, 9.17) is 4.98 Å². The number of anilines is 2. The molecule has 39 heavy (non-hydrogen) atoms. The second kappa shape index (κ2) is 11.5. The van der Waals surface area contributed by atoms with E-state index in [-0.39, 0.29) is 12.5 Å². The fraction of sp³-hybridized carbons (Fsp3) is 0.481. The van der Waals surface area contributed by atoms with Crippen LogP contribution in [0.25, 0.3) is 10.9 Å². The van der Waals surface area contributed by atoms with Gasteiger partial charge < -0.3 is 15.4 Å². The van der Waals surface area contributed by atoms with Crippen molar-refractivity contribution in [2.75, 3.05) is 30.3 Å². The van der Waals surface area contributed by atoms with Gasteiger partial charge in [-0.2, -0.15) is 4.98 Å². The number of alkyl halides is 3. The van der Waals surface area contributed by atoms with Crippen molar-refractivity contribution in [1.82, 2.24) is 14.7 Å². The van der Waals surface area contributed by atoms with Crippen LogP contribution in [-0.4, -0.2) is 44.4 Å². The van der Waals surface area contributed by atoms with Crippen molar-refractivity contribution in [3.63, 3.8) is 0 Å². The van der Waals surface area contributed by atoms with E-state index in [9.17, 15) is 21.6 Å². The Hall–Kier alpha value is -3.12. The average Bonchev–Trinajstić information content (AvgIpc) is 3.74. The Labute approximate surface area is 225 Å². The van der Waals surface area contributed by atoms with E-state index >= 15 is 0 Å². The number of ether oxygens (including phenoxy) is 1. The highest BCUT2D eigenvalue weighted by molar-refractivity contribution is 7.89. The minimum absolute atomic E-state index is 0.0990. The maximum absolute atomic E-state index is 12.7. The van der Waals surface area contributed by atoms with Crippen LogP contribution in [0.1, 0.15) is 38.5 Å². The zero-order chi connectivity index (χ0) is 27.5. The van der Waals surface area contributed by atoms with Crippen molar-refractivity contribution in [2.45, 2.75) is 49.8 Å². The van der Waals surface area contributed by atoms with Crippen LogP contribution in [0.4, 0.5) is 24.9 Å². The van der Waals surface area contributed by atoms with Crippen LogP contribution < -0.4 is 20.1 Å².